The summed E-state index contributed by atoms with van der Waals surface area (Å²) in [6.07, 6.45) is 1.93. The van der Waals surface area contributed by atoms with Gasteiger partial charge < -0.3 is 15.3 Å². The van der Waals surface area contributed by atoms with Crippen LogP contribution < -0.4 is 5.32 Å². The maximum Gasteiger partial charge on any atom is 0.303 e. The van der Waals surface area contributed by atoms with Gasteiger partial charge in [0, 0.05) is 33.2 Å². The highest BCUT2D eigenvalue weighted by Crippen LogP contribution is 2.40. The zero-order valence-electron chi connectivity index (χ0n) is 20.0. The number of ketones is 1. The molecule has 0 bridgehead atoms. The summed E-state index contributed by atoms with van der Waals surface area (Å²) in [5.41, 5.74) is 2.68. The highest BCUT2D eigenvalue weighted by molar-refractivity contribution is 9.10. The van der Waals surface area contributed by atoms with E-state index in [0.717, 1.165) is 14.5 Å². The first-order valence-electron chi connectivity index (χ1n) is 12.0. The first-order chi connectivity index (χ1) is 17.8. The number of amides is 1. The van der Waals surface area contributed by atoms with Gasteiger partial charge >= 0.3 is 5.97 Å². The van der Waals surface area contributed by atoms with Crippen molar-refractivity contribution in [2.75, 3.05) is 11.9 Å². The van der Waals surface area contributed by atoms with Crippen LogP contribution in [0.5, 0.6) is 0 Å². The highest BCUT2D eigenvalue weighted by Gasteiger charge is 2.43. The van der Waals surface area contributed by atoms with Gasteiger partial charge in [0.05, 0.1) is 11.6 Å². The number of halogens is 2. The van der Waals surface area contributed by atoms with Gasteiger partial charge in [0.1, 0.15) is 5.70 Å². The Labute approximate surface area is 232 Å². The molecule has 37 heavy (non-hydrogen) atoms. The SMILES string of the molecule is O=C(O)CCCCCN1C(=O)C(Nc2ccccc2)=C(C(=O)c2ccc(Br)cc2)[C@@H]1c1ccc(Br)cc1. The number of carbonyl (C=O) groups excluding carboxylic acids is 2. The summed E-state index contributed by atoms with van der Waals surface area (Å²) < 4.78 is 1.75. The van der Waals surface area contributed by atoms with Crippen molar-refractivity contribution in [3.8, 4) is 0 Å². The fourth-order valence-corrected chi connectivity index (χ4v) is 4.94. The standard InChI is InChI=1S/C29H26Br2N2O4/c30-21-14-10-19(11-15-21)27-25(28(36)20-12-16-22(31)17-13-20)26(32-23-7-3-1-4-8-23)29(37)33(27)18-6-2-5-9-24(34)35/h1,3-4,7-8,10-17,27,32H,2,5-6,9,18H2,(H,34,35)/t27-/m0/s1. The third kappa shape index (κ3) is 6.56. The molecule has 6 nitrogen and oxygen atoms in total. The van der Waals surface area contributed by atoms with Gasteiger partial charge in [-0.25, -0.2) is 0 Å². The van der Waals surface area contributed by atoms with E-state index in [9.17, 15) is 14.4 Å². The molecule has 0 fully saturated rings. The summed E-state index contributed by atoms with van der Waals surface area (Å²) in [5.74, 6) is -1.31. The smallest absolute Gasteiger partial charge is 0.303 e. The second-order valence-corrected chi connectivity index (χ2v) is 10.6. The summed E-state index contributed by atoms with van der Waals surface area (Å²) in [6.45, 7) is 0.399. The van der Waals surface area contributed by atoms with Crippen molar-refractivity contribution in [2.45, 2.75) is 31.7 Å². The molecule has 0 spiro atoms. The predicted octanol–water partition coefficient (Wildman–Crippen LogP) is 6.99. The molecule has 2 N–H and O–H groups in total. The van der Waals surface area contributed by atoms with E-state index >= 15 is 0 Å². The Morgan fingerprint density at radius 3 is 2.08 bits per heavy atom. The lowest BCUT2D eigenvalue weighted by atomic mass is 9.92. The molecule has 1 amide bonds. The van der Waals surface area contributed by atoms with E-state index in [1.165, 1.54) is 0 Å². The van der Waals surface area contributed by atoms with Crippen molar-refractivity contribution in [3.63, 3.8) is 0 Å². The molecule has 8 heteroatoms. The minimum Gasteiger partial charge on any atom is -0.481 e. The van der Waals surface area contributed by atoms with Gasteiger partial charge in [-0.05, 0) is 66.9 Å². The van der Waals surface area contributed by atoms with Crippen molar-refractivity contribution >= 4 is 55.2 Å². The van der Waals surface area contributed by atoms with Crippen LogP contribution in [0.15, 0.2) is 99.1 Å². The number of rotatable bonds is 11. The number of Topliss-reactive ketones (excluding diaryl/α,β-unsaturated/α-hetero) is 1. The van der Waals surface area contributed by atoms with Gasteiger partial charge in [0.15, 0.2) is 5.78 Å². The maximum atomic E-state index is 14.0. The third-order valence-electron chi connectivity index (χ3n) is 6.20. The zero-order valence-corrected chi connectivity index (χ0v) is 23.2. The topological polar surface area (TPSA) is 86.7 Å². The first-order valence-corrected chi connectivity index (χ1v) is 13.6. The van der Waals surface area contributed by atoms with Crippen LogP contribution in [0.3, 0.4) is 0 Å². The normalized spacial score (nSPS) is 15.2. The van der Waals surface area contributed by atoms with Crippen LogP contribution in [0.4, 0.5) is 5.69 Å². The van der Waals surface area contributed by atoms with Crippen LogP contribution in [-0.4, -0.2) is 34.2 Å². The van der Waals surface area contributed by atoms with E-state index in [1.807, 2.05) is 66.7 Å². The fourth-order valence-electron chi connectivity index (χ4n) is 4.41. The number of hydrogen-bond donors (Lipinski definition) is 2. The molecule has 190 valence electrons. The van der Waals surface area contributed by atoms with Gasteiger partial charge in [0.2, 0.25) is 0 Å². The number of benzene rings is 3. The number of anilines is 1. The zero-order chi connectivity index (χ0) is 26.4. The van der Waals surface area contributed by atoms with Crippen LogP contribution >= 0.6 is 31.9 Å². The van der Waals surface area contributed by atoms with Gasteiger partial charge in [-0.2, -0.15) is 0 Å². The van der Waals surface area contributed by atoms with E-state index < -0.39 is 12.0 Å². The van der Waals surface area contributed by atoms with Gasteiger partial charge in [-0.15, -0.1) is 0 Å². The fraction of sp³-hybridized carbons (Fsp3) is 0.207. The second-order valence-electron chi connectivity index (χ2n) is 8.77. The molecular weight excluding hydrogens is 600 g/mol. The van der Waals surface area contributed by atoms with Crippen molar-refractivity contribution in [2.24, 2.45) is 0 Å². The minimum absolute atomic E-state index is 0.0937. The molecule has 3 aromatic rings. The molecule has 0 unspecified atom stereocenters. The maximum absolute atomic E-state index is 14.0. The number of unbranched alkanes of at least 4 members (excludes halogenated alkanes) is 2. The van der Waals surface area contributed by atoms with Crippen molar-refractivity contribution in [1.82, 2.24) is 4.90 Å². The van der Waals surface area contributed by atoms with Gasteiger partial charge in [0.25, 0.3) is 5.91 Å². The Morgan fingerprint density at radius 1 is 0.838 bits per heavy atom. The van der Waals surface area contributed by atoms with Crippen molar-refractivity contribution < 1.29 is 19.5 Å². The van der Waals surface area contributed by atoms with E-state index in [4.69, 9.17) is 5.11 Å². The summed E-state index contributed by atoms with van der Waals surface area (Å²) >= 11 is 6.89. The van der Waals surface area contributed by atoms with Gasteiger partial charge in [-0.1, -0.05) is 68.6 Å². The van der Waals surface area contributed by atoms with Crippen LogP contribution in [-0.2, 0) is 9.59 Å². The lowest BCUT2D eigenvalue weighted by molar-refractivity contribution is -0.137. The number of carboxylic acid groups (broad SMARTS) is 1. The molecule has 4 rings (SSSR count). The van der Waals surface area contributed by atoms with Crippen LogP contribution in [0.2, 0.25) is 0 Å². The molecule has 3 aromatic carbocycles. The molecule has 0 saturated carbocycles. The van der Waals surface area contributed by atoms with Crippen molar-refractivity contribution in [3.05, 3.63) is 110 Å². The quantitative estimate of drug-likeness (QED) is 0.177. The van der Waals surface area contributed by atoms with Gasteiger partial charge in [-0.3, -0.25) is 14.4 Å². The molecule has 1 atom stereocenters. The number of nitrogens with zero attached hydrogens (tertiary/aromatic N) is 1. The van der Waals surface area contributed by atoms with E-state index in [-0.39, 0.29) is 23.8 Å². The van der Waals surface area contributed by atoms with E-state index in [0.29, 0.717) is 42.6 Å². The highest BCUT2D eigenvalue weighted by atomic mass is 79.9. The predicted molar refractivity (Wildman–Crippen MR) is 150 cm³/mol. The monoisotopic (exact) mass is 624 g/mol. The van der Waals surface area contributed by atoms with Crippen LogP contribution in [0.25, 0.3) is 0 Å². The summed E-state index contributed by atoms with van der Waals surface area (Å²) in [7, 11) is 0. The Balaban J connectivity index is 1.76. The van der Waals surface area contributed by atoms with Crippen molar-refractivity contribution in [1.29, 1.82) is 0 Å². The molecule has 1 aliphatic rings. The molecule has 1 heterocycles. The Morgan fingerprint density at radius 2 is 1.46 bits per heavy atom. The number of carboxylic acids is 1. The number of nitrogens with one attached hydrogen (secondary N) is 1. The number of aliphatic carboxylic acids is 1. The third-order valence-corrected chi connectivity index (χ3v) is 7.26. The lowest BCUT2D eigenvalue weighted by Crippen LogP contribution is -2.32. The number of para-hydroxylation sites is 1. The van der Waals surface area contributed by atoms with E-state index in [2.05, 4.69) is 37.2 Å². The Kier molecular flexibility index (Phi) is 8.95. The molecule has 0 aromatic heterocycles. The average molecular weight is 626 g/mol. The molecular formula is C29H26Br2N2O4. The van der Waals surface area contributed by atoms with E-state index in [1.54, 1.807) is 17.0 Å². The summed E-state index contributed by atoms with van der Waals surface area (Å²) in [6, 6.07) is 23.5. The average Bonchev–Trinajstić information content (AvgIpc) is 3.16. The van der Waals surface area contributed by atoms with Crippen LogP contribution in [0.1, 0.15) is 47.6 Å². The molecule has 0 saturated heterocycles. The number of carbonyl (C=O) groups is 3. The number of hydrogen-bond acceptors (Lipinski definition) is 4. The first kappa shape index (κ1) is 26.8. The second kappa shape index (κ2) is 12.3. The van der Waals surface area contributed by atoms with Crippen LogP contribution in [0, 0.1) is 0 Å². The largest absolute Gasteiger partial charge is 0.481 e. The summed E-state index contributed by atoms with van der Waals surface area (Å²) in [5, 5.41) is 12.2. The Hall–Kier alpha value is -3.23. The Bertz CT molecular complexity index is 1310. The summed E-state index contributed by atoms with van der Waals surface area (Å²) in [4.78, 5) is 40.5. The molecule has 0 aliphatic carbocycles. The molecule has 0 radical (unpaired) electrons. The lowest BCUT2D eigenvalue weighted by Gasteiger charge is -2.27. The minimum atomic E-state index is -0.830. The molecule has 1 aliphatic heterocycles.